The van der Waals surface area contributed by atoms with Crippen LogP contribution in [0.5, 0.6) is 0 Å². The van der Waals surface area contributed by atoms with Crippen LogP contribution in [0.3, 0.4) is 0 Å². The van der Waals surface area contributed by atoms with Crippen LogP contribution in [0.2, 0.25) is 0 Å². The lowest BCUT2D eigenvalue weighted by Gasteiger charge is -2.26. The largest absolute Gasteiger partial charge is 0.393 e. The molecule has 0 aromatic carbocycles. The number of rotatable bonds is 4. The molecule has 1 rings (SSSR count). The topological polar surface area (TPSA) is 46.2 Å². The molecular weight excluding hydrogens is 170 g/mol. The monoisotopic (exact) mass is 189 g/mol. The Morgan fingerprint density at radius 1 is 1.42 bits per heavy atom. The van der Waals surface area contributed by atoms with Crippen LogP contribution in [0.15, 0.2) is 0 Å². The van der Waals surface area contributed by atoms with E-state index in [0.29, 0.717) is 12.5 Å². The van der Waals surface area contributed by atoms with Crippen molar-refractivity contribution in [3.05, 3.63) is 0 Å². The smallest absolute Gasteiger partial charge is 0.0569 e. The molecule has 1 aliphatic rings. The third kappa shape index (κ3) is 3.33. The Morgan fingerprint density at radius 2 is 2.08 bits per heavy atom. The first-order valence-corrected chi connectivity index (χ1v) is 5.96. The van der Waals surface area contributed by atoms with Crippen LogP contribution in [0.1, 0.15) is 25.7 Å². The summed E-state index contributed by atoms with van der Waals surface area (Å²) in [5.74, 6) is 3.01. The molecule has 2 nitrogen and oxygen atoms in total. The van der Waals surface area contributed by atoms with Crippen LogP contribution in [-0.4, -0.2) is 29.3 Å². The first-order chi connectivity index (χ1) is 5.84. The van der Waals surface area contributed by atoms with Crippen molar-refractivity contribution >= 4 is 11.8 Å². The van der Waals surface area contributed by atoms with E-state index in [2.05, 4.69) is 0 Å². The average molecular weight is 189 g/mol. The maximum Gasteiger partial charge on any atom is 0.0569 e. The molecule has 0 aromatic heterocycles. The second kappa shape index (κ2) is 5.84. The maximum atomic E-state index is 9.74. The molecule has 1 saturated heterocycles. The molecule has 3 N–H and O–H groups in total. The molecule has 1 fully saturated rings. The molecule has 0 spiro atoms. The third-order valence-corrected chi connectivity index (χ3v) is 3.56. The van der Waals surface area contributed by atoms with Gasteiger partial charge in [0.15, 0.2) is 0 Å². The lowest BCUT2D eigenvalue weighted by atomic mass is 9.93. The van der Waals surface area contributed by atoms with Crippen LogP contribution in [0.4, 0.5) is 0 Å². The molecule has 1 aliphatic heterocycles. The van der Waals surface area contributed by atoms with Crippen molar-refractivity contribution in [2.24, 2.45) is 11.7 Å². The molecule has 72 valence electrons. The molecule has 0 aromatic rings. The second-order valence-electron chi connectivity index (χ2n) is 3.45. The summed E-state index contributed by atoms with van der Waals surface area (Å²) in [6.07, 6.45) is 4.15. The molecule has 1 atom stereocenters. The fraction of sp³-hybridized carbons (Fsp3) is 1.00. The highest BCUT2D eigenvalue weighted by atomic mass is 32.2. The Hall–Kier alpha value is 0.270. The van der Waals surface area contributed by atoms with Crippen molar-refractivity contribution in [1.82, 2.24) is 0 Å². The Kier molecular flexibility index (Phi) is 5.04. The van der Waals surface area contributed by atoms with Gasteiger partial charge in [0, 0.05) is 0 Å². The van der Waals surface area contributed by atoms with Crippen molar-refractivity contribution < 1.29 is 5.11 Å². The quantitative estimate of drug-likeness (QED) is 0.699. The summed E-state index contributed by atoms with van der Waals surface area (Å²) in [7, 11) is 0. The van der Waals surface area contributed by atoms with E-state index in [0.717, 1.165) is 12.8 Å². The summed E-state index contributed by atoms with van der Waals surface area (Å²) >= 11 is 2.00. The molecular formula is C9H19NOS. The molecule has 1 heterocycles. The van der Waals surface area contributed by atoms with Crippen LogP contribution in [-0.2, 0) is 0 Å². The van der Waals surface area contributed by atoms with Gasteiger partial charge in [-0.2, -0.15) is 11.8 Å². The van der Waals surface area contributed by atoms with Crippen molar-refractivity contribution in [3.63, 3.8) is 0 Å². The van der Waals surface area contributed by atoms with E-state index in [9.17, 15) is 5.11 Å². The van der Waals surface area contributed by atoms with Gasteiger partial charge in [-0.1, -0.05) is 0 Å². The van der Waals surface area contributed by atoms with E-state index < -0.39 is 0 Å². The fourth-order valence-corrected chi connectivity index (χ4v) is 2.81. The van der Waals surface area contributed by atoms with Crippen molar-refractivity contribution in [2.75, 3.05) is 18.1 Å². The van der Waals surface area contributed by atoms with Crippen molar-refractivity contribution in [3.8, 4) is 0 Å². The van der Waals surface area contributed by atoms with Gasteiger partial charge in [0.1, 0.15) is 0 Å². The minimum atomic E-state index is -0.0885. The standard InChI is InChI=1S/C9H19NOS/c10-5-1-2-9(11)8-3-6-12-7-4-8/h8-9,11H,1-7,10H2. The van der Waals surface area contributed by atoms with Gasteiger partial charge in [0.2, 0.25) is 0 Å². The SMILES string of the molecule is NCCCC(O)C1CCSCC1. The number of hydrogen-bond donors (Lipinski definition) is 2. The molecule has 0 amide bonds. The van der Waals surface area contributed by atoms with Gasteiger partial charge in [0.05, 0.1) is 6.10 Å². The van der Waals surface area contributed by atoms with E-state index in [4.69, 9.17) is 5.73 Å². The van der Waals surface area contributed by atoms with Crippen molar-refractivity contribution in [1.29, 1.82) is 0 Å². The van der Waals surface area contributed by atoms with Crippen molar-refractivity contribution in [2.45, 2.75) is 31.8 Å². The minimum Gasteiger partial charge on any atom is -0.393 e. The molecule has 0 radical (unpaired) electrons. The van der Waals surface area contributed by atoms with Gasteiger partial charge >= 0.3 is 0 Å². The number of nitrogens with two attached hydrogens (primary N) is 1. The zero-order valence-electron chi connectivity index (χ0n) is 7.54. The first kappa shape index (κ1) is 10.4. The number of aliphatic hydroxyl groups is 1. The molecule has 0 bridgehead atoms. The van der Waals surface area contributed by atoms with Crippen LogP contribution in [0, 0.1) is 5.92 Å². The van der Waals surface area contributed by atoms with Gasteiger partial charge in [0.25, 0.3) is 0 Å². The Bertz CT molecular complexity index is 115. The van der Waals surface area contributed by atoms with Crippen LogP contribution < -0.4 is 5.73 Å². The summed E-state index contributed by atoms with van der Waals surface area (Å²) in [5.41, 5.74) is 5.39. The number of aliphatic hydroxyl groups excluding tert-OH is 1. The van der Waals surface area contributed by atoms with E-state index in [1.54, 1.807) is 0 Å². The summed E-state index contributed by atoms with van der Waals surface area (Å²) in [5, 5.41) is 9.74. The molecule has 1 unspecified atom stereocenters. The minimum absolute atomic E-state index is 0.0885. The fourth-order valence-electron chi connectivity index (χ4n) is 1.66. The predicted molar refractivity (Wildman–Crippen MR) is 54.3 cm³/mol. The predicted octanol–water partition coefficient (Wildman–Crippen LogP) is 1.23. The zero-order chi connectivity index (χ0) is 8.81. The average Bonchev–Trinajstić information content (AvgIpc) is 2.15. The molecule has 0 aliphatic carbocycles. The normalized spacial score (nSPS) is 22.5. The number of hydrogen-bond acceptors (Lipinski definition) is 3. The highest BCUT2D eigenvalue weighted by Crippen LogP contribution is 2.26. The highest BCUT2D eigenvalue weighted by Gasteiger charge is 2.20. The third-order valence-electron chi connectivity index (χ3n) is 2.51. The van der Waals surface area contributed by atoms with E-state index in [-0.39, 0.29) is 6.10 Å². The summed E-state index contributed by atoms with van der Waals surface area (Å²) in [4.78, 5) is 0. The second-order valence-corrected chi connectivity index (χ2v) is 4.67. The Morgan fingerprint density at radius 3 is 2.67 bits per heavy atom. The molecule has 0 saturated carbocycles. The zero-order valence-corrected chi connectivity index (χ0v) is 8.35. The summed E-state index contributed by atoms with van der Waals surface area (Å²) in [6.45, 7) is 0.707. The van der Waals surface area contributed by atoms with Crippen LogP contribution in [0.25, 0.3) is 0 Å². The lowest BCUT2D eigenvalue weighted by molar-refractivity contribution is 0.0926. The summed E-state index contributed by atoms with van der Waals surface area (Å²) < 4.78 is 0. The van der Waals surface area contributed by atoms with Gasteiger partial charge in [-0.15, -0.1) is 0 Å². The first-order valence-electron chi connectivity index (χ1n) is 4.80. The van der Waals surface area contributed by atoms with Gasteiger partial charge in [-0.05, 0) is 49.7 Å². The van der Waals surface area contributed by atoms with E-state index in [1.807, 2.05) is 11.8 Å². The van der Waals surface area contributed by atoms with E-state index >= 15 is 0 Å². The molecule has 3 heteroatoms. The Labute approximate surface area is 78.9 Å². The highest BCUT2D eigenvalue weighted by molar-refractivity contribution is 7.99. The van der Waals surface area contributed by atoms with Gasteiger partial charge < -0.3 is 10.8 Å². The van der Waals surface area contributed by atoms with Crippen LogP contribution >= 0.6 is 11.8 Å². The number of thioether (sulfide) groups is 1. The van der Waals surface area contributed by atoms with Gasteiger partial charge in [-0.3, -0.25) is 0 Å². The lowest BCUT2D eigenvalue weighted by Crippen LogP contribution is -2.25. The molecule has 12 heavy (non-hydrogen) atoms. The van der Waals surface area contributed by atoms with Gasteiger partial charge in [-0.25, -0.2) is 0 Å². The maximum absolute atomic E-state index is 9.74. The Balaban J connectivity index is 2.15. The van der Waals surface area contributed by atoms with E-state index in [1.165, 1.54) is 24.3 Å². The summed E-state index contributed by atoms with van der Waals surface area (Å²) in [6, 6.07) is 0.